The number of hydrogen-bond acceptors (Lipinski definition) is 4. The molecule has 1 N–H and O–H groups in total. The van der Waals surface area contributed by atoms with E-state index in [9.17, 15) is 14.4 Å². The number of carboxylic acid groups (broad SMARTS) is 1. The Bertz CT molecular complexity index is 548. The summed E-state index contributed by atoms with van der Waals surface area (Å²) in [5.41, 5.74) is 0.729. The Morgan fingerprint density at radius 3 is 2.79 bits per heavy atom. The second-order valence-corrected chi connectivity index (χ2v) is 5.49. The van der Waals surface area contributed by atoms with Gasteiger partial charge in [-0.3, -0.25) is 14.2 Å². The van der Waals surface area contributed by atoms with Gasteiger partial charge in [0.25, 0.3) is 0 Å². The number of aliphatic carboxylic acids is 1. The SMILES string of the molecule is Cc1csc(=O)n1CC(=O)N1CCCC[C@@H]1C(=O)O. The fraction of sp³-hybridized carbons (Fsp3) is 0.583. The lowest BCUT2D eigenvalue weighted by molar-refractivity contribution is -0.152. The number of hydrogen-bond donors (Lipinski definition) is 1. The number of amides is 1. The Morgan fingerprint density at radius 2 is 2.21 bits per heavy atom. The Morgan fingerprint density at radius 1 is 1.47 bits per heavy atom. The molecule has 104 valence electrons. The van der Waals surface area contributed by atoms with Gasteiger partial charge in [0.1, 0.15) is 12.6 Å². The van der Waals surface area contributed by atoms with Crippen LogP contribution in [-0.2, 0) is 16.1 Å². The number of carbonyl (C=O) groups excluding carboxylic acids is 1. The van der Waals surface area contributed by atoms with Crippen molar-refractivity contribution >= 4 is 23.2 Å². The average molecular weight is 284 g/mol. The second-order valence-electron chi connectivity index (χ2n) is 4.67. The molecule has 1 aliphatic heterocycles. The number of likely N-dealkylation sites (tertiary alicyclic amines) is 1. The number of rotatable bonds is 3. The van der Waals surface area contributed by atoms with Crippen molar-refractivity contribution in [3.63, 3.8) is 0 Å². The normalized spacial score (nSPS) is 19.4. The highest BCUT2D eigenvalue weighted by atomic mass is 32.1. The van der Waals surface area contributed by atoms with E-state index in [0.29, 0.717) is 13.0 Å². The summed E-state index contributed by atoms with van der Waals surface area (Å²) in [6, 6.07) is -0.754. The van der Waals surface area contributed by atoms with Crippen LogP contribution in [-0.4, -0.2) is 39.0 Å². The molecule has 7 heteroatoms. The first-order chi connectivity index (χ1) is 9.00. The van der Waals surface area contributed by atoms with Crippen molar-refractivity contribution in [2.45, 2.75) is 38.8 Å². The van der Waals surface area contributed by atoms with Crippen LogP contribution >= 0.6 is 11.3 Å². The summed E-state index contributed by atoms with van der Waals surface area (Å²) in [6.45, 7) is 2.14. The van der Waals surface area contributed by atoms with Crippen molar-refractivity contribution in [3.05, 3.63) is 20.7 Å². The van der Waals surface area contributed by atoms with E-state index in [1.807, 2.05) is 0 Å². The highest BCUT2D eigenvalue weighted by molar-refractivity contribution is 7.07. The fourth-order valence-electron chi connectivity index (χ4n) is 2.31. The monoisotopic (exact) mass is 284 g/mol. The predicted molar refractivity (Wildman–Crippen MR) is 70.3 cm³/mol. The topological polar surface area (TPSA) is 79.6 Å². The molecule has 0 unspecified atom stereocenters. The molecule has 2 rings (SSSR count). The summed E-state index contributed by atoms with van der Waals surface area (Å²) in [4.78, 5) is 36.1. The Balaban J connectivity index is 2.14. The van der Waals surface area contributed by atoms with Gasteiger partial charge < -0.3 is 10.0 Å². The van der Waals surface area contributed by atoms with Crippen molar-refractivity contribution in [2.24, 2.45) is 0 Å². The molecule has 1 fully saturated rings. The van der Waals surface area contributed by atoms with Gasteiger partial charge in [0.15, 0.2) is 0 Å². The van der Waals surface area contributed by atoms with E-state index in [-0.39, 0.29) is 17.3 Å². The highest BCUT2D eigenvalue weighted by Gasteiger charge is 2.32. The van der Waals surface area contributed by atoms with Gasteiger partial charge in [0.2, 0.25) is 5.91 Å². The summed E-state index contributed by atoms with van der Waals surface area (Å²) in [7, 11) is 0. The van der Waals surface area contributed by atoms with Crippen LogP contribution < -0.4 is 4.87 Å². The number of piperidine rings is 1. The number of nitrogens with zero attached hydrogens (tertiary/aromatic N) is 2. The van der Waals surface area contributed by atoms with Crippen molar-refractivity contribution < 1.29 is 14.7 Å². The molecule has 1 amide bonds. The smallest absolute Gasteiger partial charge is 0.326 e. The van der Waals surface area contributed by atoms with Gasteiger partial charge in [0, 0.05) is 17.6 Å². The third kappa shape index (κ3) is 2.86. The van der Waals surface area contributed by atoms with E-state index in [1.165, 1.54) is 9.47 Å². The predicted octanol–water partition coefficient (Wildman–Crippen LogP) is 0.684. The van der Waals surface area contributed by atoms with Crippen LogP contribution in [0.4, 0.5) is 0 Å². The lowest BCUT2D eigenvalue weighted by atomic mass is 10.0. The minimum Gasteiger partial charge on any atom is -0.480 e. The first-order valence-corrected chi connectivity index (χ1v) is 7.06. The first-order valence-electron chi connectivity index (χ1n) is 6.18. The molecule has 1 saturated heterocycles. The van der Waals surface area contributed by atoms with Crippen molar-refractivity contribution in [1.82, 2.24) is 9.47 Å². The molecule has 1 aromatic rings. The van der Waals surface area contributed by atoms with E-state index in [0.717, 1.165) is 29.9 Å². The third-order valence-electron chi connectivity index (χ3n) is 3.38. The van der Waals surface area contributed by atoms with Crippen LogP contribution in [0.1, 0.15) is 25.0 Å². The molecule has 1 aromatic heterocycles. The molecule has 0 aliphatic carbocycles. The van der Waals surface area contributed by atoms with E-state index < -0.39 is 12.0 Å². The summed E-state index contributed by atoms with van der Waals surface area (Å²) >= 11 is 1.05. The summed E-state index contributed by atoms with van der Waals surface area (Å²) in [5, 5.41) is 10.8. The molecule has 19 heavy (non-hydrogen) atoms. The third-order valence-corrected chi connectivity index (χ3v) is 4.26. The van der Waals surface area contributed by atoms with Crippen molar-refractivity contribution in [2.75, 3.05) is 6.54 Å². The maximum absolute atomic E-state index is 12.2. The molecule has 0 spiro atoms. The quantitative estimate of drug-likeness (QED) is 0.885. The second kappa shape index (κ2) is 5.56. The Kier molecular flexibility index (Phi) is 4.04. The molecule has 1 aliphatic rings. The van der Waals surface area contributed by atoms with Crippen molar-refractivity contribution in [1.29, 1.82) is 0 Å². The average Bonchev–Trinajstić information content (AvgIpc) is 2.70. The lowest BCUT2D eigenvalue weighted by Gasteiger charge is -2.33. The Hall–Kier alpha value is -1.63. The van der Waals surface area contributed by atoms with Crippen LogP contribution in [0.25, 0.3) is 0 Å². The summed E-state index contributed by atoms with van der Waals surface area (Å²) in [5.74, 6) is -1.27. The summed E-state index contributed by atoms with van der Waals surface area (Å²) < 4.78 is 1.39. The van der Waals surface area contributed by atoms with Crippen molar-refractivity contribution in [3.8, 4) is 0 Å². The van der Waals surface area contributed by atoms with Crippen LogP contribution in [0.3, 0.4) is 0 Å². The fourth-order valence-corrected chi connectivity index (χ4v) is 3.04. The van der Waals surface area contributed by atoms with E-state index in [1.54, 1.807) is 12.3 Å². The molecule has 2 heterocycles. The van der Waals surface area contributed by atoms with Crippen LogP contribution in [0.2, 0.25) is 0 Å². The lowest BCUT2D eigenvalue weighted by Crippen LogP contribution is -2.49. The van der Waals surface area contributed by atoms with Gasteiger partial charge >= 0.3 is 10.8 Å². The minimum absolute atomic E-state index is 0.0715. The molecular weight excluding hydrogens is 268 g/mol. The molecule has 1 atom stereocenters. The molecule has 0 saturated carbocycles. The first kappa shape index (κ1) is 13.8. The molecular formula is C12H16N2O4S. The zero-order valence-electron chi connectivity index (χ0n) is 10.7. The molecule has 0 aromatic carbocycles. The number of aryl methyl sites for hydroxylation is 1. The molecule has 6 nitrogen and oxygen atoms in total. The molecule has 0 bridgehead atoms. The van der Waals surface area contributed by atoms with E-state index in [2.05, 4.69) is 0 Å². The maximum atomic E-state index is 12.2. The van der Waals surface area contributed by atoms with Gasteiger partial charge in [-0.25, -0.2) is 4.79 Å². The number of thiazole rings is 1. The van der Waals surface area contributed by atoms with Crippen LogP contribution in [0.5, 0.6) is 0 Å². The standard InChI is InChI=1S/C12H16N2O4S/c1-8-7-19-12(18)14(8)6-10(15)13-5-3-2-4-9(13)11(16)17/h7,9H,2-6H2,1H3,(H,16,17)/t9-/m1/s1. The zero-order valence-corrected chi connectivity index (χ0v) is 11.5. The van der Waals surface area contributed by atoms with Crippen LogP contribution in [0, 0.1) is 6.92 Å². The Labute approximate surface area is 114 Å². The van der Waals surface area contributed by atoms with E-state index in [4.69, 9.17) is 5.11 Å². The van der Waals surface area contributed by atoms with Gasteiger partial charge in [-0.2, -0.15) is 0 Å². The maximum Gasteiger partial charge on any atom is 0.326 e. The van der Waals surface area contributed by atoms with Gasteiger partial charge in [-0.1, -0.05) is 11.3 Å². The van der Waals surface area contributed by atoms with E-state index >= 15 is 0 Å². The van der Waals surface area contributed by atoms with Crippen LogP contribution in [0.15, 0.2) is 10.2 Å². The molecule has 0 radical (unpaired) electrons. The van der Waals surface area contributed by atoms with Gasteiger partial charge in [-0.05, 0) is 26.2 Å². The number of aromatic nitrogens is 1. The highest BCUT2D eigenvalue weighted by Crippen LogP contribution is 2.18. The zero-order chi connectivity index (χ0) is 14.0. The van der Waals surface area contributed by atoms with Gasteiger partial charge in [-0.15, -0.1) is 0 Å². The summed E-state index contributed by atoms with van der Waals surface area (Å²) in [6.07, 6.45) is 2.11. The number of carboxylic acids is 1. The van der Waals surface area contributed by atoms with Gasteiger partial charge in [0.05, 0.1) is 0 Å². The minimum atomic E-state index is -0.970. The number of carbonyl (C=O) groups is 2. The largest absolute Gasteiger partial charge is 0.480 e.